The number of amides is 2. The number of nitrogens with one attached hydrogen (secondary N) is 1. The van der Waals surface area contributed by atoms with Gasteiger partial charge in [-0.25, -0.2) is 13.2 Å². The Morgan fingerprint density at radius 3 is 2.48 bits per heavy atom. The highest BCUT2D eigenvalue weighted by Crippen LogP contribution is 2.24. The first-order chi connectivity index (χ1) is 11.8. The molecule has 0 aliphatic heterocycles. The van der Waals surface area contributed by atoms with Crippen LogP contribution in [-0.2, 0) is 4.79 Å². The van der Waals surface area contributed by atoms with Crippen molar-refractivity contribution >= 4 is 44.8 Å². The van der Waals surface area contributed by atoms with Gasteiger partial charge in [0.2, 0.25) is 5.91 Å². The molecule has 0 radical (unpaired) electrons. The first-order valence-corrected chi connectivity index (χ1v) is 8.92. The van der Waals surface area contributed by atoms with Crippen LogP contribution in [0.15, 0.2) is 28.1 Å². The summed E-state index contributed by atoms with van der Waals surface area (Å²) < 4.78 is 40.5. The van der Waals surface area contributed by atoms with E-state index in [4.69, 9.17) is 0 Å². The second-order valence-corrected chi connectivity index (χ2v) is 7.56. The van der Waals surface area contributed by atoms with Gasteiger partial charge in [0.15, 0.2) is 17.5 Å². The fourth-order valence-electron chi connectivity index (χ4n) is 2.09. The van der Waals surface area contributed by atoms with E-state index in [1.807, 2.05) is 6.92 Å². The van der Waals surface area contributed by atoms with Crippen LogP contribution >= 0.6 is 27.3 Å². The maximum Gasteiger partial charge on any atom is 0.264 e. The highest BCUT2D eigenvalue weighted by Gasteiger charge is 2.21. The molecule has 1 N–H and O–H groups in total. The predicted octanol–water partition coefficient (Wildman–Crippen LogP) is 4.42. The molecule has 4 nitrogen and oxygen atoms in total. The van der Waals surface area contributed by atoms with Gasteiger partial charge in [-0.15, -0.1) is 11.3 Å². The minimum absolute atomic E-state index is 0.321. The number of thiophene rings is 1. The fourth-order valence-corrected chi connectivity index (χ4v) is 3.45. The number of benzene rings is 1. The summed E-state index contributed by atoms with van der Waals surface area (Å²) in [6, 6.07) is 4.99. The Kier molecular flexibility index (Phi) is 6.60. The molecule has 2 amide bonds. The first kappa shape index (κ1) is 19.5. The second-order valence-electron chi connectivity index (χ2n) is 5.10. The van der Waals surface area contributed by atoms with E-state index in [2.05, 4.69) is 21.2 Å². The minimum Gasteiger partial charge on any atom is -0.329 e. The molecule has 134 valence electrons. The molecule has 0 atom stereocenters. The lowest BCUT2D eigenvalue weighted by atomic mass is 10.2. The van der Waals surface area contributed by atoms with Crippen LogP contribution in [0.5, 0.6) is 0 Å². The second kappa shape index (κ2) is 8.48. The molecule has 0 spiro atoms. The molecule has 0 aliphatic rings. The maximum absolute atomic E-state index is 13.6. The number of carbonyl (C=O) groups excluding carboxylic acids is 2. The molecule has 2 aromatic rings. The topological polar surface area (TPSA) is 49.4 Å². The van der Waals surface area contributed by atoms with Crippen LogP contribution in [0, 0.1) is 17.5 Å². The molecule has 0 bridgehead atoms. The van der Waals surface area contributed by atoms with Gasteiger partial charge >= 0.3 is 0 Å². The zero-order valence-electron chi connectivity index (χ0n) is 13.1. The van der Waals surface area contributed by atoms with Crippen molar-refractivity contribution in [2.45, 2.75) is 13.3 Å². The van der Waals surface area contributed by atoms with Gasteiger partial charge in [-0.05, 0) is 46.6 Å². The number of nitrogens with zero attached hydrogens (tertiary/aromatic N) is 1. The molecule has 2 rings (SSSR count). The summed E-state index contributed by atoms with van der Waals surface area (Å²) in [5.74, 6) is -5.53. The van der Waals surface area contributed by atoms with Crippen molar-refractivity contribution in [1.29, 1.82) is 0 Å². The van der Waals surface area contributed by atoms with Gasteiger partial charge in [0.1, 0.15) is 6.54 Å². The summed E-state index contributed by atoms with van der Waals surface area (Å²) in [5.41, 5.74) is -0.480. The van der Waals surface area contributed by atoms with Crippen molar-refractivity contribution in [1.82, 2.24) is 4.90 Å². The lowest BCUT2D eigenvalue weighted by molar-refractivity contribution is -0.116. The smallest absolute Gasteiger partial charge is 0.264 e. The Bertz CT molecular complexity index is 798. The van der Waals surface area contributed by atoms with Crippen LogP contribution in [0.2, 0.25) is 0 Å². The quantitative estimate of drug-likeness (QED) is 0.684. The van der Waals surface area contributed by atoms with Gasteiger partial charge < -0.3 is 10.2 Å². The van der Waals surface area contributed by atoms with E-state index in [1.54, 1.807) is 12.1 Å². The van der Waals surface area contributed by atoms with Crippen molar-refractivity contribution in [3.8, 4) is 0 Å². The molecule has 0 saturated carbocycles. The third-order valence-electron chi connectivity index (χ3n) is 3.21. The van der Waals surface area contributed by atoms with E-state index in [9.17, 15) is 22.8 Å². The average molecular weight is 435 g/mol. The maximum atomic E-state index is 13.6. The number of halogens is 4. The molecule has 0 fully saturated rings. The summed E-state index contributed by atoms with van der Waals surface area (Å²) in [5, 5.41) is 2.16. The predicted molar refractivity (Wildman–Crippen MR) is 93.2 cm³/mol. The van der Waals surface area contributed by atoms with Gasteiger partial charge in [0.25, 0.3) is 5.91 Å². The molecule has 25 heavy (non-hydrogen) atoms. The Morgan fingerprint density at radius 1 is 1.16 bits per heavy atom. The lowest BCUT2D eigenvalue weighted by Gasteiger charge is -2.21. The normalized spacial score (nSPS) is 10.6. The monoisotopic (exact) mass is 434 g/mol. The Morgan fingerprint density at radius 2 is 1.88 bits per heavy atom. The van der Waals surface area contributed by atoms with Crippen LogP contribution in [0.25, 0.3) is 0 Å². The van der Waals surface area contributed by atoms with Gasteiger partial charge in [0, 0.05) is 6.54 Å². The van der Waals surface area contributed by atoms with Crippen LogP contribution in [-0.4, -0.2) is 29.8 Å². The standard InChI is InChI=1S/C16H14BrF3N2O2S/c1-2-7-22(16(24)11-5-6-12(17)25-11)8-13(23)21-10-4-3-9(18)14(19)15(10)20/h3-6H,2,7-8H2,1H3,(H,21,23). The van der Waals surface area contributed by atoms with Crippen molar-refractivity contribution < 1.29 is 22.8 Å². The van der Waals surface area contributed by atoms with Gasteiger partial charge in [-0.1, -0.05) is 6.92 Å². The van der Waals surface area contributed by atoms with E-state index < -0.39 is 29.0 Å². The number of carbonyl (C=O) groups is 2. The van der Waals surface area contributed by atoms with E-state index in [-0.39, 0.29) is 12.5 Å². The van der Waals surface area contributed by atoms with Gasteiger partial charge in [-0.2, -0.15) is 0 Å². The van der Waals surface area contributed by atoms with Crippen molar-refractivity contribution in [2.75, 3.05) is 18.4 Å². The summed E-state index contributed by atoms with van der Waals surface area (Å²) in [4.78, 5) is 26.3. The van der Waals surface area contributed by atoms with Crippen LogP contribution in [0.4, 0.5) is 18.9 Å². The third-order valence-corrected chi connectivity index (χ3v) is 4.82. The molecular weight excluding hydrogens is 421 g/mol. The molecule has 9 heteroatoms. The van der Waals surface area contributed by atoms with E-state index >= 15 is 0 Å². The van der Waals surface area contributed by atoms with Crippen LogP contribution in [0.3, 0.4) is 0 Å². The SMILES string of the molecule is CCCN(CC(=O)Nc1ccc(F)c(F)c1F)C(=O)c1ccc(Br)s1. The van der Waals surface area contributed by atoms with E-state index in [0.717, 1.165) is 9.85 Å². The number of anilines is 1. The summed E-state index contributed by atoms with van der Waals surface area (Å²) >= 11 is 4.49. The molecule has 0 unspecified atom stereocenters. The first-order valence-electron chi connectivity index (χ1n) is 7.31. The Hall–Kier alpha value is -1.87. The summed E-state index contributed by atoms with van der Waals surface area (Å²) in [7, 11) is 0. The largest absolute Gasteiger partial charge is 0.329 e. The van der Waals surface area contributed by atoms with Crippen molar-refractivity contribution in [2.24, 2.45) is 0 Å². The minimum atomic E-state index is -1.66. The summed E-state index contributed by atoms with van der Waals surface area (Å²) in [6.07, 6.45) is 0.616. The van der Waals surface area contributed by atoms with E-state index in [0.29, 0.717) is 23.9 Å². The Balaban J connectivity index is 2.10. The molecule has 1 aromatic heterocycles. The lowest BCUT2D eigenvalue weighted by Crippen LogP contribution is -2.38. The molecule has 1 aromatic carbocycles. The third kappa shape index (κ3) is 4.82. The number of rotatable bonds is 6. The molecule has 1 heterocycles. The fraction of sp³-hybridized carbons (Fsp3) is 0.250. The van der Waals surface area contributed by atoms with Crippen LogP contribution < -0.4 is 5.32 Å². The molecular formula is C16H14BrF3N2O2S. The summed E-state index contributed by atoms with van der Waals surface area (Å²) in [6.45, 7) is 1.83. The highest BCUT2D eigenvalue weighted by atomic mass is 79.9. The van der Waals surface area contributed by atoms with Gasteiger partial charge in [0.05, 0.1) is 14.4 Å². The van der Waals surface area contributed by atoms with Crippen molar-refractivity contribution in [3.63, 3.8) is 0 Å². The van der Waals surface area contributed by atoms with Crippen molar-refractivity contribution in [3.05, 3.63) is 50.4 Å². The molecule has 0 aliphatic carbocycles. The Labute approximate surface area is 154 Å². The number of hydrogen-bond acceptors (Lipinski definition) is 3. The van der Waals surface area contributed by atoms with Gasteiger partial charge in [-0.3, -0.25) is 9.59 Å². The van der Waals surface area contributed by atoms with Crippen LogP contribution in [0.1, 0.15) is 23.0 Å². The number of hydrogen-bond donors (Lipinski definition) is 1. The highest BCUT2D eigenvalue weighted by molar-refractivity contribution is 9.11. The molecule has 0 saturated heterocycles. The zero-order chi connectivity index (χ0) is 18.6. The average Bonchev–Trinajstić information content (AvgIpc) is 3.01. The zero-order valence-corrected chi connectivity index (χ0v) is 15.5. The van der Waals surface area contributed by atoms with E-state index in [1.165, 1.54) is 16.2 Å².